The molecule has 5 heteroatoms. The Morgan fingerprint density at radius 2 is 2.14 bits per heavy atom. The van der Waals surface area contributed by atoms with E-state index in [0.717, 1.165) is 18.2 Å². The number of thiazole rings is 1. The van der Waals surface area contributed by atoms with Crippen molar-refractivity contribution in [1.82, 2.24) is 4.98 Å². The van der Waals surface area contributed by atoms with Crippen molar-refractivity contribution in [3.63, 3.8) is 0 Å². The highest BCUT2D eigenvalue weighted by Crippen LogP contribution is 2.26. The van der Waals surface area contributed by atoms with E-state index in [2.05, 4.69) is 23.7 Å². The second-order valence-corrected chi connectivity index (χ2v) is 4.49. The summed E-state index contributed by atoms with van der Waals surface area (Å²) >= 11 is 1.47. The monoisotopic (exact) mass is 214 g/mol. The molecule has 14 heavy (non-hydrogen) atoms. The molecular formula is C9H14N2O2S. The number of hydrogen-bond donors (Lipinski definition) is 1. The fraction of sp³-hybridized carbons (Fsp3) is 0.667. The molecule has 0 saturated carbocycles. The third-order valence-electron chi connectivity index (χ3n) is 2.17. The van der Waals surface area contributed by atoms with Gasteiger partial charge in [-0.25, -0.2) is 0 Å². The molecule has 1 aromatic heterocycles. The van der Waals surface area contributed by atoms with Gasteiger partial charge in [0.2, 0.25) is 5.88 Å². The quantitative estimate of drug-likeness (QED) is 0.768. The number of anilines is 1. The predicted molar refractivity (Wildman–Crippen MR) is 56.0 cm³/mol. The molecule has 0 amide bonds. The Hall–Kier alpha value is -0.810. The molecular weight excluding hydrogens is 200 g/mol. The number of hydrogen-bond acceptors (Lipinski definition) is 5. The summed E-state index contributed by atoms with van der Waals surface area (Å²) in [4.78, 5) is 6.20. The molecule has 4 nitrogen and oxygen atoms in total. The molecule has 2 rings (SSSR count). The molecule has 1 aromatic rings. The van der Waals surface area contributed by atoms with Gasteiger partial charge in [-0.15, -0.1) is 11.3 Å². The van der Waals surface area contributed by atoms with Crippen LogP contribution in [0.3, 0.4) is 0 Å². The Balaban J connectivity index is 2.10. The van der Waals surface area contributed by atoms with E-state index in [1.807, 2.05) is 0 Å². The van der Waals surface area contributed by atoms with Gasteiger partial charge < -0.3 is 14.7 Å². The lowest BCUT2D eigenvalue weighted by atomic mass is 10.2. The van der Waals surface area contributed by atoms with Crippen molar-refractivity contribution in [2.75, 3.05) is 18.0 Å². The van der Waals surface area contributed by atoms with Gasteiger partial charge >= 0.3 is 0 Å². The zero-order chi connectivity index (χ0) is 10.1. The normalized spacial score (nSPS) is 28.0. The van der Waals surface area contributed by atoms with Gasteiger partial charge in [-0.3, -0.25) is 0 Å². The standard InChI is InChI=1S/C9H14N2O2S/c1-6-3-11(4-7(2)13-6)9-10-8(12)5-14-9/h5-7,12H,3-4H2,1-2H3. The maximum absolute atomic E-state index is 9.16. The van der Waals surface area contributed by atoms with Gasteiger partial charge in [0.05, 0.1) is 17.6 Å². The number of aromatic nitrogens is 1. The molecule has 1 N–H and O–H groups in total. The minimum atomic E-state index is 0.108. The molecule has 0 bridgehead atoms. The van der Waals surface area contributed by atoms with Crippen molar-refractivity contribution in [1.29, 1.82) is 0 Å². The summed E-state index contributed by atoms with van der Waals surface area (Å²) in [6.07, 6.45) is 0.453. The Morgan fingerprint density at radius 1 is 1.50 bits per heavy atom. The molecule has 0 aliphatic carbocycles. The molecule has 2 atom stereocenters. The highest BCUT2D eigenvalue weighted by molar-refractivity contribution is 7.13. The third kappa shape index (κ3) is 1.99. The number of nitrogens with zero attached hydrogens (tertiary/aromatic N) is 2. The Kier molecular flexibility index (Phi) is 2.60. The summed E-state index contributed by atoms with van der Waals surface area (Å²) < 4.78 is 5.62. The Labute approximate surface area is 87.1 Å². The summed E-state index contributed by atoms with van der Waals surface area (Å²) in [5.41, 5.74) is 0. The predicted octanol–water partition coefficient (Wildman–Crippen LogP) is 1.46. The molecule has 78 valence electrons. The highest BCUT2D eigenvalue weighted by atomic mass is 32.1. The second-order valence-electron chi connectivity index (χ2n) is 3.65. The van der Waals surface area contributed by atoms with Crippen molar-refractivity contribution in [2.45, 2.75) is 26.1 Å². The highest BCUT2D eigenvalue weighted by Gasteiger charge is 2.24. The lowest BCUT2D eigenvalue weighted by Crippen LogP contribution is -2.45. The topological polar surface area (TPSA) is 45.6 Å². The van der Waals surface area contributed by atoms with Crippen molar-refractivity contribution in [3.05, 3.63) is 5.38 Å². The zero-order valence-electron chi connectivity index (χ0n) is 8.30. The molecule has 1 aliphatic rings. The molecule has 2 unspecified atom stereocenters. The van der Waals surface area contributed by atoms with Crippen LogP contribution in [0.25, 0.3) is 0 Å². The Morgan fingerprint density at radius 3 is 2.64 bits per heavy atom. The van der Waals surface area contributed by atoms with E-state index in [0.29, 0.717) is 0 Å². The van der Waals surface area contributed by atoms with E-state index in [-0.39, 0.29) is 18.1 Å². The van der Waals surface area contributed by atoms with Gasteiger partial charge in [-0.05, 0) is 13.8 Å². The molecule has 2 heterocycles. The van der Waals surface area contributed by atoms with Gasteiger partial charge in [0.1, 0.15) is 0 Å². The summed E-state index contributed by atoms with van der Waals surface area (Å²) in [6, 6.07) is 0. The van der Waals surface area contributed by atoms with Crippen molar-refractivity contribution in [2.24, 2.45) is 0 Å². The van der Waals surface area contributed by atoms with Crippen LogP contribution in [0.15, 0.2) is 5.38 Å². The molecule has 1 fully saturated rings. The third-order valence-corrected chi connectivity index (χ3v) is 3.06. The van der Waals surface area contributed by atoms with Crippen LogP contribution >= 0.6 is 11.3 Å². The number of morpholine rings is 1. The smallest absolute Gasteiger partial charge is 0.223 e. The first-order chi connectivity index (χ1) is 6.65. The molecule has 0 spiro atoms. The maximum Gasteiger partial charge on any atom is 0.223 e. The SMILES string of the molecule is CC1CN(c2nc(O)cs2)CC(C)O1. The van der Waals surface area contributed by atoms with Gasteiger partial charge in [0.25, 0.3) is 0 Å². The van der Waals surface area contributed by atoms with E-state index in [1.165, 1.54) is 11.3 Å². The minimum Gasteiger partial charge on any atom is -0.493 e. The van der Waals surface area contributed by atoms with Crippen LogP contribution < -0.4 is 4.90 Å². The first kappa shape index (κ1) is 9.73. The second kappa shape index (κ2) is 3.74. The van der Waals surface area contributed by atoms with E-state index < -0.39 is 0 Å². The fourth-order valence-electron chi connectivity index (χ4n) is 1.74. The van der Waals surface area contributed by atoms with Crippen molar-refractivity contribution in [3.8, 4) is 5.88 Å². The van der Waals surface area contributed by atoms with Gasteiger partial charge in [-0.1, -0.05) is 0 Å². The van der Waals surface area contributed by atoms with Crippen LogP contribution in [-0.4, -0.2) is 35.4 Å². The van der Waals surface area contributed by atoms with Crippen LogP contribution in [0.5, 0.6) is 5.88 Å². The first-order valence-electron chi connectivity index (χ1n) is 4.70. The lowest BCUT2D eigenvalue weighted by Gasteiger charge is -2.34. The number of ether oxygens (including phenoxy) is 1. The summed E-state index contributed by atoms with van der Waals surface area (Å²) in [6.45, 7) is 5.79. The van der Waals surface area contributed by atoms with Crippen molar-refractivity contribution < 1.29 is 9.84 Å². The first-order valence-corrected chi connectivity index (χ1v) is 5.58. The van der Waals surface area contributed by atoms with E-state index >= 15 is 0 Å². The van der Waals surface area contributed by atoms with Gasteiger partial charge in [0.15, 0.2) is 5.13 Å². The number of rotatable bonds is 1. The maximum atomic E-state index is 9.16. The Bertz CT molecular complexity index is 306. The molecule has 0 aromatic carbocycles. The van der Waals surface area contributed by atoms with Crippen LogP contribution in [-0.2, 0) is 4.74 Å². The van der Waals surface area contributed by atoms with Crippen LogP contribution in [0, 0.1) is 0 Å². The van der Waals surface area contributed by atoms with Gasteiger partial charge in [0, 0.05) is 13.1 Å². The fourth-order valence-corrected chi connectivity index (χ4v) is 2.44. The summed E-state index contributed by atoms with van der Waals surface area (Å²) in [5.74, 6) is 0.108. The van der Waals surface area contributed by atoms with Crippen LogP contribution in [0.1, 0.15) is 13.8 Å². The van der Waals surface area contributed by atoms with Crippen LogP contribution in [0.2, 0.25) is 0 Å². The van der Waals surface area contributed by atoms with Crippen molar-refractivity contribution >= 4 is 16.5 Å². The minimum absolute atomic E-state index is 0.108. The van der Waals surface area contributed by atoms with Gasteiger partial charge in [-0.2, -0.15) is 4.98 Å². The molecule has 0 radical (unpaired) electrons. The summed E-state index contributed by atoms with van der Waals surface area (Å²) in [5, 5.41) is 11.7. The average Bonchev–Trinajstić information content (AvgIpc) is 2.50. The van der Waals surface area contributed by atoms with E-state index in [1.54, 1.807) is 5.38 Å². The lowest BCUT2D eigenvalue weighted by molar-refractivity contribution is -0.00524. The summed E-state index contributed by atoms with van der Waals surface area (Å²) in [7, 11) is 0. The molecule has 1 aliphatic heterocycles. The number of aromatic hydroxyl groups is 1. The molecule has 1 saturated heterocycles. The zero-order valence-corrected chi connectivity index (χ0v) is 9.12. The van der Waals surface area contributed by atoms with E-state index in [9.17, 15) is 0 Å². The van der Waals surface area contributed by atoms with E-state index in [4.69, 9.17) is 9.84 Å². The van der Waals surface area contributed by atoms with Crippen LogP contribution in [0.4, 0.5) is 5.13 Å². The average molecular weight is 214 g/mol. The largest absolute Gasteiger partial charge is 0.493 e.